The van der Waals surface area contributed by atoms with Crippen LogP contribution >= 0.6 is 23.5 Å². The van der Waals surface area contributed by atoms with Crippen molar-refractivity contribution in [2.75, 3.05) is 11.5 Å². The van der Waals surface area contributed by atoms with Crippen LogP contribution < -0.4 is 0 Å². The number of carbonyl (C=O) groups is 2. The van der Waals surface area contributed by atoms with E-state index in [0.717, 1.165) is 33.3 Å². The molecule has 0 bridgehead atoms. The second kappa shape index (κ2) is 11.6. The first-order valence-electron chi connectivity index (χ1n) is 10.4. The van der Waals surface area contributed by atoms with E-state index < -0.39 is 16.8 Å². The molecule has 0 amide bonds. The van der Waals surface area contributed by atoms with Gasteiger partial charge in [0, 0.05) is 9.79 Å². The molecular formula is C25H32O4S2. The van der Waals surface area contributed by atoms with Gasteiger partial charge >= 0.3 is 11.9 Å². The lowest BCUT2D eigenvalue weighted by Gasteiger charge is -2.22. The van der Waals surface area contributed by atoms with E-state index >= 15 is 0 Å². The predicted molar refractivity (Wildman–Crippen MR) is 129 cm³/mol. The summed E-state index contributed by atoms with van der Waals surface area (Å²) in [6.07, 6.45) is 1.35. The monoisotopic (exact) mass is 460 g/mol. The van der Waals surface area contributed by atoms with Crippen LogP contribution in [0.3, 0.4) is 0 Å². The molecule has 31 heavy (non-hydrogen) atoms. The second-order valence-electron chi connectivity index (χ2n) is 8.80. The lowest BCUT2D eigenvalue weighted by molar-refractivity contribution is -0.155. The number of thioether (sulfide) groups is 2. The molecule has 0 spiro atoms. The van der Waals surface area contributed by atoms with Gasteiger partial charge in [-0.2, -0.15) is 0 Å². The van der Waals surface area contributed by atoms with Crippen molar-refractivity contribution in [2.24, 2.45) is 10.8 Å². The Kier molecular flexibility index (Phi) is 9.51. The van der Waals surface area contributed by atoms with Crippen molar-refractivity contribution in [2.45, 2.75) is 56.9 Å². The first-order valence-corrected chi connectivity index (χ1v) is 12.4. The number of esters is 1. The van der Waals surface area contributed by atoms with E-state index in [1.807, 2.05) is 44.2 Å². The molecule has 0 radical (unpaired) electrons. The van der Waals surface area contributed by atoms with E-state index in [1.165, 1.54) is 0 Å². The number of benzene rings is 2. The molecule has 2 aromatic carbocycles. The molecule has 2 aromatic rings. The van der Waals surface area contributed by atoms with Gasteiger partial charge in [-0.3, -0.25) is 9.59 Å². The number of hydrogen-bond donors (Lipinski definition) is 1. The van der Waals surface area contributed by atoms with Gasteiger partial charge in [0.2, 0.25) is 0 Å². The molecule has 0 unspecified atom stereocenters. The van der Waals surface area contributed by atoms with E-state index in [9.17, 15) is 14.7 Å². The Hall–Kier alpha value is -1.92. The summed E-state index contributed by atoms with van der Waals surface area (Å²) in [6, 6.07) is 18.0. The first kappa shape index (κ1) is 25.3. The van der Waals surface area contributed by atoms with Gasteiger partial charge in [0.25, 0.3) is 0 Å². The summed E-state index contributed by atoms with van der Waals surface area (Å²) in [5.74, 6) is 0.664. The molecule has 0 aliphatic rings. The van der Waals surface area contributed by atoms with Gasteiger partial charge in [-0.15, -0.1) is 23.5 Å². The summed E-state index contributed by atoms with van der Waals surface area (Å²) in [4.78, 5) is 25.9. The number of carboxylic acids is 1. The Balaban J connectivity index is 1.73. The quantitative estimate of drug-likeness (QED) is 0.287. The average Bonchev–Trinajstić information content (AvgIpc) is 2.73. The van der Waals surface area contributed by atoms with Crippen molar-refractivity contribution in [3.05, 3.63) is 60.2 Å². The standard InChI is InChI=1S/C25H32O4S2/c1-24(2,22(26)27)14-16-30-20-10-12-21(13-11-20)31-17-15-25(3,4)23(28)29-18-19-8-6-5-7-9-19/h5-13H,14-18H2,1-4H3,(H,26,27). The second-order valence-corrected chi connectivity index (χ2v) is 11.1. The smallest absolute Gasteiger partial charge is 0.311 e. The number of hydrogen-bond acceptors (Lipinski definition) is 5. The van der Waals surface area contributed by atoms with Gasteiger partial charge in [0.15, 0.2) is 0 Å². The molecule has 0 saturated heterocycles. The van der Waals surface area contributed by atoms with Crippen LogP contribution in [0.4, 0.5) is 0 Å². The van der Waals surface area contributed by atoms with Crippen LogP contribution in [0.2, 0.25) is 0 Å². The van der Waals surface area contributed by atoms with Crippen LogP contribution in [0.25, 0.3) is 0 Å². The zero-order valence-corrected chi connectivity index (χ0v) is 20.4. The van der Waals surface area contributed by atoms with E-state index in [-0.39, 0.29) is 5.97 Å². The lowest BCUT2D eigenvalue weighted by Crippen LogP contribution is -2.27. The average molecular weight is 461 g/mol. The SMILES string of the molecule is CC(C)(CCSc1ccc(SCCC(C)(C)C(=O)OCc2ccccc2)cc1)C(=O)O. The molecule has 0 saturated carbocycles. The summed E-state index contributed by atoms with van der Waals surface area (Å²) >= 11 is 3.40. The Morgan fingerprint density at radius 3 is 1.77 bits per heavy atom. The predicted octanol–water partition coefficient (Wildman–Crippen LogP) is 6.53. The zero-order chi connectivity index (χ0) is 22.9. The zero-order valence-electron chi connectivity index (χ0n) is 18.7. The fourth-order valence-electron chi connectivity index (χ4n) is 2.61. The van der Waals surface area contributed by atoms with Crippen LogP contribution in [-0.4, -0.2) is 28.6 Å². The molecule has 1 N–H and O–H groups in total. The summed E-state index contributed by atoms with van der Waals surface area (Å²) in [5, 5.41) is 9.19. The molecule has 0 aromatic heterocycles. The first-order chi connectivity index (χ1) is 14.6. The van der Waals surface area contributed by atoms with Crippen molar-refractivity contribution < 1.29 is 19.4 Å². The van der Waals surface area contributed by atoms with Crippen molar-refractivity contribution in [1.82, 2.24) is 0 Å². The number of carboxylic acid groups (broad SMARTS) is 1. The third kappa shape index (κ3) is 8.62. The number of aliphatic carboxylic acids is 1. The van der Waals surface area contributed by atoms with Gasteiger partial charge in [-0.1, -0.05) is 30.3 Å². The molecular weight excluding hydrogens is 428 g/mol. The molecule has 0 heterocycles. The maximum absolute atomic E-state index is 12.5. The van der Waals surface area contributed by atoms with Crippen molar-refractivity contribution in [3.63, 3.8) is 0 Å². The highest BCUT2D eigenvalue weighted by Crippen LogP contribution is 2.31. The van der Waals surface area contributed by atoms with E-state index in [0.29, 0.717) is 13.0 Å². The Bertz CT molecular complexity index is 846. The molecule has 0 fully saturated rings. The fraction of sp³-hybridized carbons (Fsp3) is 0.440. The van der Waals surface area contributed by atoms with Crippen LogP contribution in [-0.2, 0) is 20.9 Å². The van der Waals surface area contributed by atoms with Gasteiger partial charge in [0.1, 0.15) is 6.61 Å². The highest BCUT2D eigenvalue weighted by atomic mass is 32.2. The van der Waals surface area contributed by atoms with Crippen molar-refractivity contribution >= 4 is 35.5 Å². The van der Waals surface area contributed by atoms with Crippen molar-refractivity contribution in [3.8, 4) is 0 Å². The third-order valence-corrected chi connectivity index (χ3v) is 7.19. The normalized spacial score (nSPS) is 11.9. The van der Waals surface area contributed by atoms with Gasteiger partial charge < -0.3 is 9.84 Å². The summed E-state index contributed by atoms with van der Waals surface area (Å²) in [5.41, 5.74) is -0.239. The summed E-state index contributed by atoms with van der Waals surface area (Å²) in [6.45, 7) is 7.68. The van der Waals surface area contributed by atoms with E-state index in [1.54, 1.807) is 37.4 Å². The largest absolute Gasteiger partial charge is 0.481 e. The Morgan fingerprint density at radius 2 is 1.29 bits per heavy atom. The van der Waals surface area contributed by atoms with E-state index in [2.05, 4.69) is 24.3 Å². The number of rotatable bonds is 12. The molecule has 4 nitrogen and oxygen atoms in total. The van der Waals surface area contributed by atoms with Crippen molar-refractivity contribution in [1.29, 1.82) is 0 Å². The van der Waals surface area contributed by atoms with Gasteiger partial charge in [-0.05, 0) is 81.9 Å². The van der Waals surface area contributed by atoms with Crippen LogP contribution in [0.1, 0.15) is 46.1 Å². The van der Waals surface area contributed by atoms with Gasteiger partial charge in [-0.25, -0.2) is 0 Å². The lowest BCUT2D eigenvalue weighted by atomic mass is 9.90. The highest BCUT2D eigenvalue weighted by molar-refractivity contribution is 7.99. The minimum atomic E-state index is -0.758. The Morgan fingerprint density at radius 1 is 0.806 bits per heavy atom. The van der Waals surface area contributed by atoms with Crippen LogP contribution in [0.15, 0.2) is 64.4 Å². The van der Waals surface area contributed by atoms with Crippen LogP contribution in [0.5, 0.6) is 0 Å². The van der Waals surface area contributed by atoms with Gasteiger partial charge in [0.05, 0.1) is 10.8 Å². The Labute approximate surface area is 194 Å². The molecule has 168 valence electrons. The maximum Gasteiger partial charge on any atom is 0.311 e. The summed E-state index contributed by atoms with van der Waals surface area (Å²) in [7, 11) is 0. The number of ether oxygens (including phenoxy) is 1. The maximum atomic E-state index is 12.5. The molecule has 0 aliphatic heterocycles. The fourth-order valence-corrected chi connectivity index (χ4v) is 4.96. The highest BCUT2D eigenvalue weighted by Gasteiger charge is 2.29. The minimum absolute atomic E-state index is 0.173. The number of carbonyl (C=O) groups excluding carboxylic acids is 1. The summed E-state index contributed by atoms with van der Waals surface area (Å²) < 4.78 is 5.50. The van der Waals surface area contributed by atoms with Crippen LogP contribution in [0, 0.1) is 10.8 Å². The molecule has 0 atom stereocenters. The minimum Gasteiger partial charge on any atom is -0.481 e. The van der Waals surface area contributed by atoms with E-state index in [4.69, 9.17) is 4.74 Å². The third-order valence-electron chi connectivity index (χ3n) is 5.16. The molecule has 2 rings (SSSR count). The molecule has 6 heteroatoms. The topological polar surface area (TPSA) is 63.6 Å². The molecule has 0 aliphatic carbocycles.